The molecule has 14 heteroatoms. The zero-order chi connectivity index (χ0) is 40.8. The van der Waals surface area contributed by atoms with Gasteiger partial charge in [0.2, 0.25) is 11.8 Å². The van der Waals surface area contributed by atoms with Crippen molar-refractivity contribution in [1.82, 2.24) is 30.1 Å². The van der Waals surface area contributed by atoms with E-state index in [1.807, 2.05) is 30.3 Å². The normalized spacial score (nSPS) is 23.3. The number of ether oxygens (including phenoxy) is 1. The Labute approximate surface area is 348 Å². The molecule has 4 amide bonds. The molecule has 2 aromatic carbocycles. The smallest absolute Gasteiger partial charge is 0.274 e. The number of rotatable bonds is 11. The number of piperidine rings is 2. The first-order valence-electron chi connectivity index (χ1n) is 21.1. The van der Waals surface area contributed by atoms with E-state index in [1.54, 1.807) is 37.6 Å². The third-order valence-corrected chi connectivity index (χ3v) is 14.7. The summed E-state index contributed by atoms with van der Waals surface area (Å²) in [5.41, 5.74) is 4.92. The molecule has 2 saturated carbocycles. The largest absolute Gasteiger partial charge is 0.494 e. The number of anilines is 2. The molecule has 2 aliphatic carbocycles. The summed E-state index contributed by atoms with van der Waals surface area (Å²) in [6, 6.07) is 10.5. The zero-order valence-corrected chi connectivity index (χ0v) is 34.7. The van der Waals surface area contributed by atoms with Crippen molar-refractivity contribution < 1.29 is 23.9 Å². The van der Waals surface area contributed by atoms with E-state index < -0.39 is 11.9 Å². The highest BCUT2D eigenvalue weighted by Gasteiger charge is 2.46. The van der Waals surface area contributed by atoms with Gasteiger partial charge in [0.05, 0.1) is 33.6 Å². The number of carbonyl (C=O) groups is 4. The van der Waals surface area contributed by atoms with Crippen molar-refractivity contribution in [2.75, 3.05) is 43.9 Å². The summed E-state index contributed by atoms with van der Waals surface area (Å²) in [5, 5.41) is 10.1. The molecule has 0 bridgehead atoms. The third kappa shape index (κ3) is 7.84. The lowest BCUT2D eigenvalue weighted by Gasteiger charge is -2.53. The topological polar surface area (TPSA) is 159 Å². The van der Waals surface area contributed by atoms with Gasteiger partial charge in [-0.15, -0.1) is 11.3 Å². The van der Waals surface area contributed by atoms with Crippen molar-refractivity contribution >= 4 is 62.3 Å². The number of nitrogens with one attached hydrogen (secondary N) is 3. The highest BCUT2D eigenvalue weighted by atomic mass is 32.1. The molecule has 9 rings (SSSR count). The van der Waals surface area contributed by atoms with Crippen LogP contribution in [0.2, 0.25) is 0 Å². The van der Waals surface area contributed by atoms with Crippen molar-refractivity contribution in [3.8, 4) is 5.75 Å². The number of carbonyl (C=O) groups excluding carboxylic acids is 4. The summed E-state index contributed by atoms with van der Waals surface area (Å²) in [7, 11) is 1.61. The van der Waals surface area contributed by atoms with Crippen molar-refractivity contribution in [3.63, 3.8) is 0 Å². The van der Waals surface area contributed by atoms with E-state index in [9.17, 15) is 19.2 Å². The minimum absolute atomic E-state index is 0.210. The molecule has 59 heavy (non-hydrogen) atoms. The Hall–Kier alpha value is -5.21. The summed E-state index contributed by atoms with van der Waals surface area (Å²) in [5.74, 6) is 1.72. The average molecular weight is 817 g/mol. The van der Waals surface area contributed by atoms with E-state index >= 15 is 0 Å². The number of benzene rings is 2. The second kappa shape index (κ2) is 16.1. The predicted octanol–water partition coefficient (Wildman–Crippen LogP) is 7.16. The predicted molar refractivity (Wildman–Crippen MR) is 227 cm³/mol. The SMILES string of the molecule is C=C1c2cccc(NCCC3CC4(CCN(C[C@H]5CC[C@H](c6nc7cc(OC)c(NC(=O)c8ccnc(C)n8)cc7s6)CC5)CC4)C3)c2C(=O)N1C1CCC(=O)NC1=O. The first-order valence-corrected chi connectivity index (χ1v) is 21.9. The Morgan fingerprint density at radius 2 is 1.81 bits per heavy atom. The summed E-state index contributed by atoms with van der Waals surface area (Å²) >= 11 is 1.72. The maximum absolute atomic E-state index is 13.6. The summed E-state index contributed by atoms with van der Waals surface area (Å²) in [6.07, 6.45) is 13.0. The van der Waals surface area contributed by atoms with Crippen LogP contribution in [0.5, 0.6) is 5.75 Å². The Kier molecular flexibility index (Phi) is 10.7. The van der Waals surface area contributed by atoms with Crippen molar-refractivity contribution in [3.05, 3.63) is 76.8 Å². The van der Waals surface area contributed by atoms with Gasteiger partial charge in [0.25, 0.3) is 11.8 Å². The maximum atomic E-state index is 13.6. The van der Waals surface area contributed by atoms with E-state index in [1.165, 1.54) is 68.1 Å². The summed E-state index contributed by atoms with van der Waals surface area (Å²) in [4.78, 5) is 68.4. The van der Waals surface area contributed by atoms with Gasteiger partial charge in [0.15, 0.2) is 0 Å². The van der Waals surface area contributed by atoms with Crippen LogP contribution in [0, 0.1) is 24.2 Å². The molecule has 1 unspecified atom stereocenters. The number of hydrogen-bond donors (Lipinski definition) is 3. The van der Waals surface area contributed by atoms with Crippen molar-refractivity contribution in [1.29, 1.82) is 0 Å². The minimum atomic E-state index is -0.719. The molecule has 3 aliphatic heterocycles. The van der Waals surface area contributed by atoms with E-state index in [4.69, 9.17) is 9.72 Å². The van der Waals surface area contributed by atoms with Crippen molar-refractivity contribution in [2.45, 2.75) is 89.5 Å². The number of hydrogen-bond acceptors (Lipinski definition) is 11. The second-order valence-corrected chi connectivity index (χ2v) is 18.4. The quantitative estimate of drug-likeness (QED) is 0.133. The molecule has 1 spiro atoms. The van der Waals surface area contributed by atoms with E-state index in [-0.39, 0.29) is 24.1 Å². The van der Waals surface area contributed by atoms with Gasteiger partial charge in [-0.2, -0.15) is 0 Å². The standard InChI is InChI=1S/C45H52N8O5S/c1-26-31-5-4-6-32(40(31)44(57)53(26)36-11-12-39(54)51-42(36)56)47-17-13-29-23-45(24-29)15-19-52(20-16-45)25-28-7-9-30(10-8-28)43-50-35-21-37(58-3)34(22-38(35)59-43)49-41(55)33-14-18-46-27(2)48-33/h4-6,14,18,21-22,28-30,36,47H,1,7-13,15-17,19-20,23-25H2,2-3H3,(H,49,55)(H,51,54,56)/t28-,30-,36?. The highest BCUT2D eigenvalue weighted by Crippen LogP contribution is 2.54. The van der Waals surface area contributed by atoms with E-state index in [0.29, 0.717) is 57.9 Å². The Morgan fingerprint density at radius 1 is 1.02 bits per heavy atom. The minimum Gasteiger partial charge on any atom is -0.494 e. The van der Waals surface area contributed by atoms with Crippen LogP contribution in [0.25, 0.3) is 15.9 Å². The molecule has 5 heterocycles. The first-order chi connectivity index (χ1) is 28.6. The number of nitrogens with zero attached hydrogens (tertiary/aromatic N) is 5. The maximum Gasteiger partial charge on any atom is 0.274 e. The van der Waals surface area contributed by atoms with Gasteiger partial charge in [-0.25, -0.2) is 15.0 Å². The molecular weight excluding hydrogens is 765 g/mol. The fourth-order valence-corrected chi connectivity index (χ4v) is 11.5. The van der Waals surface area contributed by atoms with Crippen LogP contribution in [-0.2, 0) is 9.59 Å². The van der Waals surface area contributed by atoms with Crippen molar-refractivity contribution in [2.24, 2.45) is 17.3 Å². The summed E-state index contributed by atoms with van der Waals surface area (Å²) < 4.78 is 6.67. The molecule has 13 nitrogen and oxygen atoms in total. The number of amides is 4. The lowest BCUT2D eigenvalue weighted by Crippen LogP contribution is -2.52. The number of imide groups is 1. The van der Waals surface area contributed by atoms with Gasteiger partial charge in [-0.05, 0) is 120 Å². The van der Waals surface area contributed by atoms with Crippen LogP contribution < -0.4 is 20.7 Å². The third-order valence-electron chi connectivity index (χ3n) is 13.5. The van der Waals surface area contributed by atoms with E-state index in [0.717, 1.165) is 53.2 Å². The first kappa shape index (κ1) is 39.3. The number of likely N-dealkylation sites (tertiary alicyclic amines) is 1. The van der Waals surface area contributed by atoms with Gasteiger partial charge < -0.3 is 20.3 Å². The molecule has 308 valence electrons. The highest BCUT2D eigenvalue weighted by molar-refractivity contribution is 7.18. The van der Waals surface area contributed by atoms with Gasteiger partial charge in [0, 0.05) is 54.6 Å². The Bertz CT molecular complexity index is 2320. The van der Waals surface area contributed by atoms with Crippen LogP contribution in [0.1, 0.15) is 114 Å². The number of aromatic nitrogens is 3. The molecule has 2 aromatic heterocycles. The zero-order valence-electron chi connectivity index (χ0n) is 33.9. The van der Waals surface area contributed by atoms with Crippen LogP contribution in [0.15, 0.2) is 49.2 Å². The van der Waals surface area contributed by atoms with Crippen LogP contribution in [0.4, 0.5) is 11.4 Å². The monoisotopic (exact) mass is 816 g/mol. The molecular formula is C45H52N8O5S. The number of aryl methyl sites for hydroxylation is 1. The van der Waals surface area contributed by atoms with Crippen LogP contribution in [-0.4, -0.2) is 87.7 Å². The average Bonchev–Trinajstić information content (AvgIpc) is 3.75. The van der Waals surface area contributed by atoms with Crippen LogP contribution >= 0.6 is 11.3 Å². The second-order valence-electron chi connectivity index (χ2n) is 17.3. The van der Waals surface area contributed by atoms with Gasteiger partial charge >= 0.3 is 0 Å². The van der Waals surface area contributed by atoms with Gasteiger partial charge in [-0.1, -0.05) is 18.7 Å². The lowest BCUT2D eigenvalue weighted by atomic mass is 9.57. The Morgan fingerprint density at radius 3 is 2.56 bits per heavy atom. The van der Waals surface area contributed by atoms with Gasteiger partial charge in [0.1, 0.15) is 23.3 Å². The number of methoxy groups -OCH3 is 1. The van der Waals surface area contributed by atoms with Crippen LogP contribution in [0.3, 0.4) is 0 Å². The molecule has 0 radical (unpaired) electrons. The number of thiazole rings is 1. The fourth-order valence-electron chi connectivity index (χ4n) is 10.3. The fraction of sp³-hybridized carbons (Fsp3) is 0.489. The number of fused-ring (bicyclic) bond motifs is 2. The molecule has 3 N–H and O–H groups in total. The lowest BCUT2D eigenvalue weighted by molar-refractivity contribution is -0.136. The Balaban J connectivity index is 0.713. The van der Waals surface area contributed by atoms with E-state index in [2.05, 4.69) is 37.4 Å². The molecule has 4 aromatic rings. The van der Waals surface area contributed by atoms with Gasteiger partial charge in [-0.3, -0.25) is 29.4 Å². The molecule has 2 saturated heterocycles. The molecule has 1 atom stereocenters. The molecule has 5 aliphatic rings. The molecule has 4 fully saturated rings. The summed E-state index contributed by atoms with van der Waals surface area (Å²) in [6.45, 7) is 10.3.